The first-order valence-electron chi connectivity index (χ1n) is 6.42. The third kappa shape index (κ3) is 4.48. The molecule has 104 valence electrons. The van der Waals surface area contributed by atoms with Crippen molar-refractivity contribution in [1.82, 2.24) is 5.32 Å². The largest absolute Gasteiger partial charge is 0.394 e. The summed E-state index contributed by atoms with van der Waals surface area (Å²) in [6, 6.07) is 7.69. The number of amides is 1. The van der Waals surface area contributed by atoms with E-state index in [2.05, 4.69) is 21.2 Å². The van der Waals surface area contributed by atoms with Crippen LogP contribution >= 0.6 is 15.9 Å². The lowest BCUT2D eigenvalue weighted by Crippen LogP contribution is -2.49. The van der Waals surface area contributed by atoms with Gasteiger partial charge in [-0.15, -0.1) is 0 Å². The maximum absolute atomic E-state index is 11.9. The van der Waals surface area contributed by atoms with E-state index < -0.39 is 5.54 Å². The predicted molar refractivity (Wildman–Crippen MR) is 81.7 cm³/mol. The van der Waals surface area contributed by atoms with E-state index in [1.165, 1.54) is 6.08 Å². The molecular formula is C15H20BrNO2. The maximum Gasteiger partial charge on any atom is 0.244 e. The fraction of sp³-hybridized carbons (Fsp3) is 0.400. The highest BCUT2D eigenvalue weighted by atomic mass is 79.9. The highest BCUT2D eigenvalue weighted by molar-refractivity contribution is 9.10. The van der Waals surface area contributed by atoms with Crippen LogP contribution in [-0.2, 0) is 4.79 Å². The maximum atomic E-state index is 11.9. The molecule has 1 amide bonds. The van der Waals surface area contributed by atoms with Crippen LogP contribution in [0.1, 0.15) is 32.3 Å². The topological polar surface area (TPSA) is 49.3 Å². The average Bonchev–Trinajstić information content (AvgIpc) is 2.44. The van der Waals surface area contributed by atoms with Gasteiger partial charge in [-0.25, -0.2) is 0 Å². The van der Waals surface area contributed by atoms with Crippen molar-refractivity contribution in [3.8, 4) is 0 Å². The molecule has 0 aliphatic heterocycles. The van der Waals surface area contributed by atoms with Crippen LogP contribution in [0, 0.1) is 0 Å². The molecule has 1 aromatic carbocycles. The molecule has 0 radical (unpaired) electrons. The summed E-state index contributed by atoms with van der Waals surface area (Å²) in [6.45, 7) is 3.86. The summed E-state index contributed by atoms with van der Waals surface area (Å²) < 4.78 is 0.943. The molecule has 0 saturated carbocycles. The van der Waals surface area contributed by atoms with E-state index in [1.54, 1.807) is 6.08 Å². The first kappa shape index (κ1) is 15.9. The molecule has 0 aromatic heterocycles. The van der Waals surface area contributed by atoms with Crippen LogP contribution in [0.25, 0.3) is 6.08 Å². The predicted octanol–water partition coefficient (Wildman–Crippen LogP) is 3.13. The first-order chi connectivity index (χ1) is 9.06. The lowest BCUT2D eigenvalue weighted by atomic mass is 9.94. The Morgan fingerprint density at radius 3 is 2.53 bits per heavy atom. The van der Waals surface area contributed by atoms with Gasteiger partial charge in [0.25, 0.3) is 0 Å². The van der Waals surface area contributed by atoms with E-state index in [9.17, 15) is 9.90 Å². The van der Waals surface area contributed by atoms with Crippen molar-refractivity contribution in [2.45, 2.75) is 32.2 Å². The van der Waals surface area contributed by atoms with E-state index in [0.717, 1.165) is 10.0 Å². The second kappa shape index (κ2) is 7.46. The fourth-order valence-electron chi connectivity index (χ4n) is 1.77. The molecule has 0 aliphatic carbocycles. The van der Waals surface area contributed by atoms with Gasteiger partial charge in [-0.3, -0.25) is 4.79 Å². The van der Waals surface area contributed by atoms with Gasteiger partial charge < -0.3 is 10.4 Å². The highest BCUT2D eigenvalue weighted by Crippen LogP contribution is 2.17. The van der Waals surface area contributed by atoms with Crippen molar-refractivity contribution < 1.29 is 9.90 Å². The Hall–Kier alpha value is -1.13. The molecule has 0 unspecified atom stereocenters. The van der Waals surface area contributed by atoms with Crippen molar-refractivity contribution in [1.29, 1.82) is 0 Å². The average molecular weight is 326 g/mol. The lowest BCUT2D eigenvalue weighted by molar-refractivity contribution is -0.119. The van der Waals surface area contributed by atoms with Gasteiger partial charge in [-0.2, -0.15) is 0 Å². The molecule has 0 saturated heterocycles. The van der Waals surface area contributed by atoms with Gasteiger partial charge in [0.2, 0.25) is 5.91 Å². The molecule has 4 heteroatoms. The molecule has 19 heavy (non-hydrogen) atoms. The highest BCUT2D eigenvalue weighted by Gasteiger charge is 2.26. The molecule has 1 rings (SSSR count). The lowest BCUT2D eigenvalue weighted by Gasteiger charge is -2.30. The monoisotopic (exact) mass is 325 g/mol. The second-order valence-corrected chi connectivity index (χ2v) is 5.34. The summed E-state index contributed by atoms with van der Waals surface area (Å²) in [4.78, 5) is 11.9. The van der Waals surface area contributed by atoms with Crippen LogP contribution in [0.5, 0.6) is 0 Å². The number of aliphatic hydroxyl groups is 1. The van der Waals surface area contributed by atoms with E-state index in [0.29, 0.717) is 12.8 Å². The SMILES string of the molecule is CCC(CC)(CO)NC(=O)C=Cc1ccccc1Br. The van der Waals surface area contributed by atoms with Crippen molar-refractivity contribution in [3.63, 3.8) is 0 Å². The van der Waals surface area contributed by atoms with Crippen LogP contribution in [0.2, 0.25) is 0 Å². The molecule has 0 heterocycles. The smallest absolute Gasteiger partial charge is 0.244 e. The normalized spacial score (nSPS) is 11.8. The summed E-state index contributed by atoms with van der Waals surface area (Å²) in [5, 5.41) is 12.3. The number of hydrogen-bond donors (Lipinski definition) is 2. The summed E-state index contributed by atoms with van der Waals surface area (Å²) >= 11 is 3.43. The third-order valence-corrected chi connectivity index (χ3v) is 4.09. The van der Waals surface area contributed by atoms with E-state index in [1.807, 2.05) is 38.1 Å². The number of rotatable bonds is 6. The van der Waals surface area contributed by atoms with Gasteiger partial charge in [0.05, 0.1) is 12.1 Å². The molecule has 0 bridgehead atoms. The minimum absolute atomic E-state index is 0.0470. The Labute approximate surface area is 122 Å². The minimum Gasteiger partial charge on any atom is -0.394 e. The van der Waals surface area contributed by atoms with Gasteiger partial charge in [0.15, 0.2) is 0 Å². The Morgan fingerprint density at radius 1 is 1.37 bits per heavy atom. The zero-order chi connectivity index (χ0) is 14.3. The summed E-state index contributed by atoms with van der Waals surface area (Å²) in [6.07, 6.45) is 4.66. The number of hydrogen-bond acceptors (Lipinski definition) is 2. The van der Waals surface area contributed by atoms with Crippen molar-refractivity contribution in [2.24, 2.45) is 0 Å². The van der Waals surface area contributed by atoms with Crippen LogP contribution in [0.4, 0.5) is 0 Å². The molecule has 0 fully saturated rings. The molecule has 0 atom stereocenters. The number of nitrogens with one attached hydrogen (secondary N) is 1. The van der Waals surface area contributed by atoms with Crippen LogP contribution in [0.3, 0.4) is 0 Å². The van der Waals surface area contributed by atoms with E-state index >= 15 is 0 Å². The van der Waals surface area contributed by atoms with E-state index in [4.69, 9.17) is 0 Å². The zero-order valence-corrected chi connectivity index (χ0v) is 12.9. The number of halogens is 1. The first-order valence-corrected chi connectivity index (χ1v) is 7.22. The molecule has 0 spiro atoms. The van der Waals surface area contributed by atoms with Crippen molar-refractivity contribution in [2.75, 3.05) is 6.61 Å². The molecule has 1 aromatic rings. The van der Waals surface area contributed by atoms with E-state index in [-0.39, 0.29) is 12.5 Å². The molecule has 2 N–H and O–H groups in total. The summed E-state index contributed by atoms with van der Waals surface area (Å²) in [5.41, 5.74) is 0.426. The van der Waals surface area contributed by atoms with Gasteiger partial charge in [0.1, 0.15) is 0 Å². The number of carbonyl (C=O) groups is 1. The Balaban J connectivity index is 2.73. The van der Waals surface area contributed by atoms with Gasteiger partial charge in [0, 0.05) is 10.5 Å². The Morgan fingerprint density at radius 2 is 2.00 bits per heavy atom. The Bertz CT molecular complexity index is 445. The van der Waals surface area contributed by atoms with Crippen molar-refractivity contribution in [3.05, 3.63) is 40.4 Å². The van der Waals surface area contributed by atoms with Crippen LogP contribution < -0.4 is 5.32 Å². The molecule has 0 aliphatic rings. The quantitative estimate of drug-likeness (QED) is 0.789. The fourth-order valence-corrected chi connectivity index (χ4v) is 2.19. The minimum atomic E-state index is -0.519. The molecular weight excluding hydrogens is 306 g/mol. The van der Waals surface area contributed by atoms with Gasteiger partial charge in [-0.1, -0.05) is 48.0 Å². The van der Waals surface area contributed by atoms with Crippen molar-refractivity contribution >= 4 is 27.9 Å². The molecule has 3 nitrogen and oxygen atoms in total. The standard InChI is InChI=1S/C15H20BrNO2/c1-3-15(4-2,11-18)17-14(19)10-9-12-7-5-6-8-13(12)16/h5-10,18H,3-4,11H2,1-2H3,(H,17,19). The number of benzene rings is 1. The van der Waals surface area contributed by atoms with Gasteiger partial charge in [-0.05, 0) is 30.5 Å². The van der Waals surface area contributed by atoms with Crippen LogP contribution in [0.15, 0.2) is 34.8 Å². The second-order valence-electron chi connectivity index (χ2n) is 4.49. The Kier molecular flexibility index (Phi) is 6.25. The number of carbonyl (C=O) groups excluding carboxylic acids is 1. The van der Waals surface area contributed by atoms with Gasteiger partial charge >= 0.3 is 0 Å². The third-order valence-electron chi connectivity index (χ3n) is 3.36. The number of aliphatic hydroxyl groups excluding tert-OH is 1. The zero-order valence-electron chi connectivity index (χ0n) is 11.3. The van der Waals surface area contributed by atoms with Crippen LogP contribution in [-0.4, -0.2) is 23.2 Å². The summed E-state index contributed by atoms with van der Waals surface area (Å²) in [7, 11) is 0. The summed E-state index contributed by atoms with van der Waals surface area (Å²) in [5.74, 6) is -0.187.